The first kappa shape index (κ1) is 13.6. The molecule has 0 spiro atoms. The van der Waals surface area contributed by atoms with Gasteiger partial charge in [0.2, 0.25) is 0 Å². The molecule has 0 aliphatic rings. The van der Waals surface area contributed by atoms with Crippen LogP contribution in [-0.4, -0.2) is 12.5 Å². The molecule has 3 nitrogen and oxygen atoms in total. The SMILES string of the molecule is CCCCCCNC(=O)c1ccc(N)cc1C. The van der Waals surface area contributed by atoms with Crippen molar-refractivity contribution in [2.24, 2.45) is 0 Å². The number of hydrogen-bond donors (Lipinski definition) is 2. The lowest BCUT2D eigenvalue weighted by Crippen LogP contribution is -2.25. The number of nitrogens with one attached hydrogen (secondary N) is 1. The second-order valence-electron chi connectivity index (χ2n) is 4.39. The lowest BCUT2D eigenvalue weighted by molar-refractivity contribution is 0.0952. The van der Waals surface area contributed by atoms with Gasteiger partial charge in [0.1, 0.15) is 0 Å². The predicted molar refractivity (Wildman–Crippen MR) is 72.1 cm³/mol. The van der Waals surface area contributed by atoms with Gasteiger partial charge in [-0.15, -0.1) is 0 Å². The zero-order valence-electron chi connectivity index (χ0n) is 10.8. The van der Waals surface area contributed by atoms with E-state index in [1.165, 1.54) is 19.3 Å². The molecule has 0 fully saturated rings. The van der Waals surface area contributed by atoms with E-state index < -0.39 is 0 Å². The van der Waals surface area contributed by atoms with Crippen LogP contribution >= 0.6 is 0 Å². The number of aryl methyl sites for hydroxylation is 1. The fourth-order valence-corrected chi connectivity index (χ4v) is 1.79. The normalized spacial score (nSPS) is 10.2. The van der Waals surface area contributed by atoms with Crippen molar-refractivity contribution in [2.45, 2.75) is 39.5 Å². The second kappa shape index (κ2) is 6.94. The van der Waals surface area contributed by atoms with Crippen molar-refractivity contribution in [2.75, 3.05) is 12.3 Å². The monoisotopic (exact) mass is 234 g/mol. The van der Waals surface area contributed by atoms with Gasteiger partial charge in [0.05, 0.1) is 0 Å². The van der Waals surface area contributed by atoms with Crippen LogP contribution in [0.1, 0.15) is 48.5 Å². The van der Waals surface area contributed by atoms with Gasteiger partial charge in [-0.25, -0.2) is 0 Å². The van der Waals surface area contributed by atoms with E-state index in [4.69, 9.17) is 5.73 Å². The molecule has 17 heavy (non-hydrogen) atoms. The number of benzene rings is 1. The van der Waals surface area contributed by atoms with Gasteiger partial charge in [-0.3, -0.25) is 4.79 Å². The van der Waals surface area contributed by atoms with Crippen molar-refractivity contribution in [3.8, 4) is 0 Å². The van der Waals surface area contributed by atoms with Gasteiger partial charge in [0.15, 0.2) is 0 Å². The van der Waals surface area contributed by atoms with Gasteiger partial charge in [0, 0.05) is 17.8 Å². The largest absolute Gasteiger partial charge is 0.399 e. The van der Waals surface area contributed by atoms with E-state index in [-0.39, 0.29) is 5.91 Å². The van der Waals surface area contributed by atoms with Crippen LogP contribution in [0.5, 0.6) is 0 Å². The lowest BCUT2D eigenvalue weighted by Gasteiger charge is -2.08. The molecule has 3 N–H and O–H groups in total. The highest BCUT2D eigenvalue weighted by Crippen LogP contribution is 2.12. The Bertz CT molecular complexity index is 374. The molecule has 94 valence electrons. The smallest absolute Gasteiger partial charge is 0.251 e. The van der Waals surface area contributed by atoms with Gasteiger partial charge in [-0.1, -0.05) is 26.2 Å². The van der Waals surface area contributed by atoms with Crippen LogP contribution in [0.25, 0.3) is 0 Å². The minimum atomic E-state index is -0.000927. The molecule has 0 bridgehead atoms. The van der Waals surface area contributed by atoms with Gasteiger partial charge in [0.25, 0.3) is 5.91 Å². The summed E-state index contributed by atoms with van der Waals surface area (Å²) in [7, 11) is 0. The number of rotatable bonds is 6. The Morgan fingerprint density at radius 2 is 2.06 bits per heavy atom. The Hall–Kier alpha value is -1.51. The molecule has 0 radical (unpaired) electrons. The third kappa shape index (κ3) is 4.47. The zero-order chi connectivity index (χ0) is 12.7. The van der Waals surface area contributed by atoms with Crippen molar-refractivity contribution in [3.05, 3.63) is 29.3 Å². The van der Waals surface area contributed by atoms with Crippen molar-refractivity contribution >= 4 is 11.6 Å². The zero-order valence-corrected chi connectivity index (χ0v) is 10.8. The highest BCUT2D eigenvalue weighted by molar-refractivity contribution is 5.95. The molecule has 0 aliphatic heterocycles. The number of carbonyl (C=O) groups excluding carboxylic acids is 1. The van der Waals surface area contributed by atoms with Gasteiger partial charge >= 0.3 is 0 Å². The molecule has 0 atom stereocenters. The molecule has 0 heterocycles. The molecule has 0 saturated heterocycles. The molecule has 0 aromatic heterocycles. The third-order valence-corrected chi connectivity index (χ3v) is 2.81. The molecule has 3 heteroatoms. The summed E-state index contributed by atoms with van der Waals surface area (Å²) in [5.41, 5.74) is 7.99. The van der Waals surface area contributed by atoms with Crippen LogP contribution in [0.3, 0.4) is 0 Å². The van der Waals surface area contributed by atoms with Crippen LogP contribution in [-0.2, 0) is 0 Å². The Morgan fingerprint density at radius 3 is 2.71 bits per heavy atom. The summed E-state index contributed by atoms with van der Waals surface area (Å²) in [5, 5.41) is 2.94. The van der Waals surface area contributed by atoms with Gasteiger partial charge in [-0.2, -0.15) is 0 Å². The minimum Gasteiger partial charge on any atom is -0.399 e. The molecule has 0 unspecified atom stereocenters. The van der Waals surface area contributed by atoms with Crippen molar-refractivity contribution in [3.63, 3.8) is 0 Å². The van der Waals surface area contributed by atoms with E-state index in [0.29, 0.717) is 5.69 Å². The molecule has 1 aromatic rings. The first-order valence-electron chi connectivity index (χ1n) is 6.29. The van der Waals surface area contributed by atoms with Crippen LogP contribution in [0, 0.1) is 6.92 Å². The number of unbranched alkanes of at least 4 members (excludes halogenated alkanes) is 3. The molecule has 1 amide bonds. The number of nitrogen functional groups attached to an aromatic ring is 1. The second-order valence-corrected chi connectivity index (χ2v) is 4.39. The van der Waals surface area contributed by atoms with Crippen LogP contribution in [0.2, 0.25) is 0 Å². The quantitative estimate of drug-likeness (QED) is 0.587. The van der Waals surface area contributed by atoms with E-state index >= 15 is 0 Å². The summed E-state index contributed by atoms with van der Waals surface area (Å²) in [5.74, 6) is -0.000927. The van der Waals surface area contributed by atoms with Crippen LogP contribution in [0.15, 0.2) is 18.2 Å². The third-order valence-electron chi connectivity index (χ3n) is 2.81. The Morgan fingerprint density at radius 1 is 1.29 bits per heavy atom. The van der Waals surface area contributed by atoms with E-state index in [9.17, 15) is 4.79 Å². The number of nitrogens with two attached hydrogens (primary N) is 1. The van der Waals surface area contributed by atoms with Crippen LogP contribution < -0.4 is 11.1 Å². The van der Waals surface area contributed by atoms with Gasteiger partial charge < -0.3 is 11.1 Å². The van der Waals surface area contributed by atoms with Crippen molar-refractivity contribution in [1.82, 2.24) is 5.32 Å². The standard InChI is InChI=1S/C14H22N2O/c1-3-4-5-6-9-16-14(17)13-8-7-12(15)10-11(13)2/h7-8,10H,3-6,9,15H2,1-2H3,(H,16,17). The molecule has 0 aliphatic carbocycles. The van der Waals surface area contributed by atoms with E-state index in [0.717, 1.165) is 24.1 Å². The summed E-state index contributed by atoms with van der Waals surface area (Å²) in [4.78, 5) is 11.9. The minimum absolute atomic E-state index is 0.000927. The molecule has 1 aromatic carbocycles. The maximum absolute atomic E-state index is 11.9. The average Bonchev–Trinajstić information content (AvgIpc) is 2.28. The van der Waals surface area contributed by atoms with E-state index in [1.807, 2.05) is 13.0 Å². The summed E-state index contributed by atoms with van der Waals surface area (Å²) < 4.78 is 0. The van der Waals surface area contributed by atoms with E-state index in [1.54, 1.807) is 12.1 Å². The fraction of sp³-hybridized carbons (Fsp3) is 0.500. The number of amides is 1. The number of carbonyl (C=O) groups is 1. The lowest BCUT2D eigenvalue weighted by atomic mass is 10.1. The summed E-state index contributed by atoms with van der Waals surface area (Å²) in [6.45, 7) is 4.83. The topological polar surface area (TPSA) is 55.1 Å². The van der Waals surface area contributed by atoms with Crippen molar-refractivity contribution < 1.29 is 4.79 Å². The maximum Gasteiger partial charge on any atom is 0.251 e. The Labute approximate surface area is 103 Å². The van der Waals surface area contributed by atoms with E-state index in [2.05, 4.69) is 12.2 Å². The summed E-state index contributed by atoms with van der Waals surface area (Å²) >= 11 is 0. The molecule has 0 saturated carbocycles. The first-order chi connectivity index (χ1) is 8.15. The highest BCUT2D eigenvalue weighted by atomic mass is 16.1. The number of hydrogen-bond acceptors (Lipinski definition) is 2. The first-order valence-corrected chi connectivity index (χ1v) is 6.29. The Kier molecular flexibility index (Phi) is 5.53. The molecular weight excluding hydrogens is 212 g/mol. The summed E-state index contributed by atoms with van der Waals surface area (Å²) in [6, 6.07) is 5.37. The van der Waals surface area contributed by atoms with Crippen molar-refractivity contribution in [1.29, 1.82) is 0 Å². The molecule has 1 rings (SSSR count). The van der Waals surface area contributed by atoms with Gasteiger partial charge in [-0.05, 0) is 37.1 Å². The average molecular weight is 234 g/mol. The maximum atomic E-state index is 11.9. The number of anilines is 1. The fourth-order valence-electron chi connectivity index (χ4n) is 1.79. The highest BCUT2D eigenvalue weighted by Gasteiger charge is 2.07. The molecular formula is C14H22N2O. The Balaban J connectivity index is 2.42. The summed E-state index contributed by atoms with van der Waals surface area (Å²) in [6.07, 6.45) is 4.67. The van der Waals surface area contributed by atoms with Crippen LogP contribution in [0.4, 0.5) is 5.69 Å². The predicted octanol–water partition coefficient (Wildman–Crippen LogP) is 2.89.